The standard InChI is InChI=1S/C12H16INO2/c1-7(14)5-9-8-3-4-16-12(8)10(13)6-11(9)15-2/h6-7H,3-5,14H2,1-2H3. The van der Waals surface area contributed by atoms with Crippen LogP contribution in [0, 0.1) is 3.57 Å². The summed E-state index contributed by atoms with van der Waals surface area (Å²) in [7, 11) is 1.71. The predicted molar refractivity (Wildman–Crippen MR) is 72.3 cm³/mol. The molecular formula is C12H16INO2. The molecule has 0 aliphatic carbocycles. The molecule has 1 unspecified atom stereocenters. The average Bonchev–Trinajstić information content (AvgIpc) is 2.70. The van der Waals surface area contributed by atoms with Gasteiger partial charge >= 0.3 is 0 Å². The van der Waals surface area contributed by atoms with Gasteiger partial charge in [-0.1, -0.05) is 0 Å². The molecule has 0 saturated heterocycles. The van der Waals surface area contributed by atoms with Crippen molar-refractivity contribution in [1.82, 2.24) is 0 Å². The van der Waals surface area contributed by atoms with E-state index < -0.39 is 0 Å². The molecule has 2 N–H and O–H groups in total. The quantitative estimate of drug-likeness (QED) is 0.862. The first-order valence-corrected chi connectivity index (χ1v) is 6.48. The average molecular weight is 333 g/mol. The normalized spacial score (nSPS) is 15.5. The van der Waals surface area contributed by atoms with Gasteiger partial charge in [-0.05, 0) is 42.0 Å². The van der Waals surface area contributed by atoms with E-state index in [1.54, 1.807) is 7.11 Å². The van der Waals surface area contributed by atoms with Crippen LogP contribution in [0.1, 0.15) is 18.1 Å². The number of hydrogen-bond donors (Lipinski definition) is 1. The van der Waals surface area contributed by atoms with Crippen molar-refractivity contribution >= 4 is 22.6 Å². The lowest BCUT2D eigenvalue weighted by Crippen LogP contribution is -2.19. The molecular weight excluding hydrogens is 317 g/mol. The summed E-state index contributed by atoms with van der Waals surface area (Å²) in [6.07, 6.45) is 1.80. The van der Waals surface area contributed by atoms with E-state index >= 15 is 0 Å². The maximum Gasteiger partial charge on any atom is 0.136 e. The van der Waals surface area contributed by atoms with E-state index in [0.29, 0.717) is 0 Å². The van der Waals surface area contributed by atoms with Crippen LogP contribution < -0.4 is 15.2 Å². The molecule has 1 aliphatic rings. The predicted octanol–water partition coefficient (Wildman–Crippen LogP) is 2.12. The monoisotopic (exact) mass is 333 g/mol. The van der Waals surface area contributed by atoms with E-state index in [1.807, 2.05) is 13.0 Å². The van der Waals surface area contributed by atoms with E-state index in [1.165, 1.54) is 11.1 Å². The molecule has 1 heterocycles. The highest BCUT2D eigenvalue weighted by molar-refractivity contribution is 14.1. The molecule has 16 heavy (non-hydrogen) atoms. The van der Waals surface area contributed by atoms with Crippen LogP contribution in [0.3, 0.4) is 0 Å². The van der Waals surface area contributed by atoms with Crippen molar-refractivity contribution in [2.24, 2.45) is 5.73 Å². The van der Waals surface area contributed by atoms with E-state index in [2.05, 4.69) is 22.6 Å². The fourth-order valence-electron chi connectivity index (χ4n) is 2.10. The number of fused-ring (bicyclic) bond motifs is 1. The summed E-state index contributed by atoms with van der Waals surface area (Å²) in [5.41, 5.74) is 8.37. The van der Waals surface area contributed by atoms with Crippen molar-refractivity contribution in [3.63, 3.8) is 0 Å². The number of halogens is 1. The number of methoxy groups -OCH3 is 1. The van der Waals surface area contributed by atoms with E-state index in [-0.39, 0.29) is 6.04 Å². The van der Waals surface area contributed by atoms with Gasteiger partial charge < -0.3 is 15.2 Å². The summed E-state index contributed by atoms with van der Waals surface area (Å²) >= 11 is 2.29. The van der Waals surface area contributed by atoms with Gasteiger partial charge in [-0.2, -0.15) is 0 Å². The Balaban J connectivity index is 2.51. The topological polar surface area (TPSA) is 44.5 Å². The van der Waals surface area contributed by atoms with Gasteiger partial charge in [0, 0.05) is 23.6 Å². The summed E-state index contributed by atoms with van der Waals surface area (Å²) in [4.78, 5) is 0. The Labute approximate surface area is 109 Å². The van der Waals surface area contributed by atoms with Gasteiger partial charge in [-0.25, -0.2) is 0 Å². The van der Waals surface area contributed by atoms with Crippen LogP contribution >= 0.6 is 22.6 Å². The largest absolute Gasteiger partial charge is 0.496 e. The molecule has 0 amide bonds. The first-order chi connectivity index (χ1) is 7.63. The highest BCUT2D eigenvalue weighted by Crippen LogP contribution is 2.39. The van der Waals surface area contributed by atoms with Crippen molar-refractivity contribution in [2.75, 3.05) is 13.7 Å². The zero-order valence-electron chi connectivity index (χ0n) is 9.55. The number of rotatable bonds is 3. The first kappa shape index (κ1) is 12.0. The fraction of sp³-hybridized carbons (Fsp3) is 0.500. The lowest BCUT2D eigenvalue weighted by molar-refractivity contribution is 0.354. The van der Waals surface area contributed by atoms with Crippen molar-refractivity contribution in [3.05, 3.63) is 20.8 Å². The van der Waals surface area contributed by atoms with Crippen LogP contribution in [0.25, 0.3) is 0 Å². The third-order valence-electron chi connectivity index (χ3n) is 2.76. The second kappa shape index (κ2) is 4.79. The third kappa shape index (κ3) is 2.13. The lowest BCUT2D eigenvalue weighted by Gasteiger charge is -2.15. The molecule has 0 bridgehead atoms. The third-order valence-corrected chi connectivity index (χ3v) is 3.56. The number of hydrogen-bond acceptors (Lipinski definition) is 3. The molecule has 4 heteroatoms. The fourth-order valence-corrected chi connectivity index (χ4v) is 2.87. The van der Waals surface area contributed by atoms with Crippen LogP contribution in [-0.4, -0.2) is 19.8 Å². The minimum absolute atomic E-state index is 0.138. The van der Waals surface area contributed by atoms with E-state index in [0.717, 1.165) is 34.5 Å². The van der Waals surface area contributed by atoms with Gasteiger partial charge in [-0.15, -0.1) is 0 Å². The maximum absolute atomic E-state index is 5.88. The Morgan fingerprint density at radius 3 is 3.00 bits per heavy atom. The zero-order chi connectivity index (χ0) is 11.7. The van der Waals surface area contributed by atoms with Crippen molar-refractivity contribution in [3.8, 4) is 11.5 Å². The van der Waals surface area contributed by atoms with Crippen LogP contribution in [0.2, 0.25) is 0 Å². The van der Waals surface area contributed by atoms with Crippen molar-refractivity contribution in [1.29, 1.82) is 0 Å². The van der Waals surface area contributed by atoms with Crippen LogP contribution in [0.15, 0.2) is 6.07 Å². The summed E-state index contributed by atoms with van der Waals surface area (Å²) in [5, 5.41) is 0. The zero-order valence-corrected chi connectivity index (χ0v) is 11.7. The Bertz CT molecular complexity index is 404. The molecule has 0 aromatic heterocycles. The Morgan fingerprint density at radius 2 is 2.38 bits per heavy atom. The van der Waals surface area contributed by atoms with Crippen molar-refractivity contribution in [2.45, 2.75) is 25.8 Å². The van der Waals surface area contributed by atoms with Crippen LogP contribution in [0.4, 0.5) is 0 Å². The second-order valence-electron chi connectivity index (χ2n) is 4.13. The molecule has 0 fully saturated rings. The molecule has 88 valence electrons. The molecule has 0 spiro atoms. The number of benzene rings is 1. The van der Waals surface area contributed by atoms with Crippen LogP contribution in [-0.2, 0) is 12.8 Å². The molecule has 0 saturated carbocycles. The Hall–Kier alpha value is -0.490. The summed E-state index contributed by atoms with van der Waals surface area (Å²) in [5.74, 6) is 1.96. The molecule has 1 atom stereocenters. The lowest BCUT2D eigenvalue weighted by atomic mass is 9.98. The molecule has 2 rings (SSSR count). The minimum Gasteiger partial charge on any atom is -0.496 e. The molecule has 0 radical (unpaired) electrons. The number of nitrogens with two attached hydrogens (primary N) is 1. The minimum atomic E-state index is 0.138. The van der Waals surface area contributed by atoms with Gasteiger partial charge in [0.25, 0.3) is 0 Å². The van der Waals surface area contributed by atoms with Crippen molar-refractivity contribution < 1.29 is 9.47 Å². The van der Waals surface area contributed by atoms with Gasteiger partial charge in [0.2, 0.25) is 0 Å². The second-order valence-corrected chi connectivity index (χ2v) is 5.29. The smallest absolute Gasteiger partial charge is 0.136 e. The summed E-state index contributed by atoms with van der Waals surface area (Å²) < 4.78 is 12.2. The Kier molecular flexibility index (Phi) is 3.59. The highest BCUT2D eigenvalue weighted by Gasteiger charge is 2.23. The van der Waals surface area contributed by atoms with E-state index in [9.17, 15) is 0 Å². The Morgan fingerprint density at radius 1 is 1.62 bits per heavy atom. The van der Waals surface area contributed by atoms with Gasteiger partial charge in [0.1, 0.15) is 11.5 Å². The summed E-state index contributed by atoms with van der Waals surface area (Å²) in [6.45, 7) is 2.78. The highest BCUT2D eigenvalue weighted by atomic mass is 127. The first-order valence-electron chi connectivity index (χ1n) is 5.40. The van der Waals surface area contributed by atoms with Gasteiger partial charge in [-0.3, -0.25) is 0 Å². The molecule has 1 aliphatic heterocycles. The van der Waals surface area contributed by atoms with Gasteiger partial charge in [0.05, 0.1) is 17.3 Å². The molecule has 3 nitrogen and oxygen atoms in total. The number of ether oxygens (including phenoxy) is 2. The van der Waals surface area contributed by atoms with Gasteiger partial charge in [0.15, 0.2) is 0 Å². The van der Waals surface area contributed by atoms with E-state index in [4.69, 9.17) is 15.2 Å². The van der Waals surface area contributed by atoms with Crippen LogP contribution in [0.5, 0.6) is 11.5 Å². The maximum atomic E-state index is 5.88. The SMILES string of the molecule is COc1cc(I)c2c(c1CC(C)N)CCO2. The molecule has 1 aromatic rings. The molecule has 1 aromatic carbocycles. The summed E-state index contributed by atoms with van der Waals surface area (Å²) in [6, 6.07) is 2.17.